The summed E-state index contributed by atoms with van der Waals surface area (Å²) in [4.78, 5) is 10.9. The van der Waals surface area contributed by atoms with Crippen LogP contribution in [0, 0.1) is 0 Å². The van der Waals surface area contributed by atoms with Gasteiger partial charge >= 0.3 is 0 Å². The summed E-state index contributed by atoms with van der Waals surface area (Å²) in [7, 11) is 0. The predicted molar refractivity (Wildman–Crippen MR) is 82.6 cm³/mol. The minimum Gasteiger partial charge on any atom is -0.489 e. The molecule has 2 aromatic carbocycles. The van der Waals surface area contributed by atoms with Crippen molar-refractivity contribution in [3.8, 4) is 17.2 Å². The van der Waals surface area contributed by atoms with Gasteiger partial charge in [0.25, 0.3) is 0 Å². The Balaban J connectivity index is 1.75. The summed E-state index contributed by atoms with van der Waals surface area (Å²) in [5.41, 5.74) is 2.57. The predicted octanol–water partition coefficient (Wildman–Crippen LogP) is 3.54. The smallest absolute Gasteiger partial charge is 0.231 e. The van der Waals surface area contributed by atoms with Crippen molar-refractivity contribution in [2.75, 3.05) is 6.79 Å². The van der Waals surface area contributed by atoms with Crippen LogP contribution < -0.4 is 14.2 Å². The molecule has 4 heteroatoms. The highest BCUT2D eigenvalue weighted by atomic mass is 16.7. The quantitative estimate of drug-likeness (QED) is 0.604. The average molecular weight is 296 g/mol. The van der Waals surface area contributed by atoms with Crippen molar-refractivity contribution in [1.29, 1.82) is 0 Å². The zero-order chi connectivity index (χ0) is 15.4. The normalized spacial score (nSPS) is 12.0. The molecule has 1 aliphatic heterocycles. The summed E-state index contributed by atoms with van der Waals surface area (Å²) < 4.78 is 16.5. The van der Waals surface area contributed by atoms with E-state index in [0.29, 0.717) is 18.6 Å². The van der Waals surface area contributed by atoms with Crippen LogP contribution in [0.5, 0.6) is 17.2 Å². The second kappa shape index (κ2) is 6.35. The molecule has 1 aliphatic rings. The maximum atomic E-state index is 10.9. The molecule has 3 rings (SSSR count). The SMILES string of the molecule is C=CCc1cc(C=O)ccc1OCc1ccc2c(c1)OCO2. The number of aldehydes is 1. The van der Waals surface area contributed by atoms with Crippen molar-refractivity contribution in [2.45, 2.75) is 13.0 Å². The first-order chi connectivity index (χ1) is 10.8. The van der Waals surface area contributed by atoms with Gasteiger partial charge in [0.2, 0.25) is 6.79 Å². The second-order valence-corrected chi connectivity index (χ2v) is 4.95. The van der Waals surface area contributed by atoms with E-state index >= 15 is 0 Å². The van der Waals surface area contributed by atoms with E-state index in [4.69, 9.17) is 14.2 Å². The van der Waals surface area contributed by atoms with E-state index in [0.717, 1.165) is 34.7 Å². The van der Waals surface area contributed by atoms with E-state index in [-0.39, 0.29) is 6.79 Å². The standard InChI is InChI=1S/C18H16O4/c1-2-3-15-8-13(10-19)4-6-16(15)20-11-14-5-7-17-18(9-14)22-12-21-17/h2,4-10H,1,3,11-12H2. The summed E-state index contributed by atoms with van der Waals surface area (Å²) in [6, 6.07) is 11.1. The van der Waals surface area contributed by atoms with Crippen LogP contribution in [0.25, 0.3) is 0 Å². The fourth-order valence-corrected chi connectivity index (χ4v) is 2.32. The van der Waals surface area contributed by atoms with Crippen molar-refractivity contribution in [1.82, 2.24) is 0 Å². The Morgan fingerprint density at radius 1 is 1.14 bits per heavy atom. The summed E-state index contributed by atoms with van der Waals surface area (Å²) >= 11 is 0. The highest BCUT2D eigenvalue weighted by Crippen LogP contribution is 2.33. The lowest BCUT2D eigenvalue weighted by Crippen LogP contribution is -1.99. The molecule has 0 radical (unpaired) electrons. The van der Waals surface area contributed by atoms with Gasteiger partial charge in [-0.25, -0.2) is 0 Å². The molecule has 0 atom stereocenters. The number of rotatable bonds is 6. The molecular weight excluding hydrogens is 280 g/mol. The van der Waals surface area contributed by atoms with Gasteiger partial charge in [-0.15, -0.1) is 6.58 Å². The number of fused-ring (bicyclic) bond motifs is 1. The van der Waals surface area contributed by atoms with Crippen molar-refractivity contribution in [3.63, 3.8) is 0 Å². The number of allylic oxidation sites excluding steroid dienone is 1. The van der Waals surface area contributed by atoms with Crippen molar-refractivity contribution < 1.29 is 19.0 Å². The second-order valence-electron chi connectivity index (χ2n) is 4.95. The van der Waals surface area contributed by atoms with Crippen LogP contribution in [0.2, 0.25) is 0 Å². The Morgan fingerprint density at radius 3 is 2.82 bits per heavy atom. The summed E-state index contributed by atoms with van der Waals surface area (Å²) in [6.07, 6.45) is 3.27. The van der Waals surface area contributed by atoms with E-state index in [1.165, 1.54) is 0 Å². The molecule has 1 heterocycles. The monoisotopic (exact) mass is 296 g/mol. The van der Waals surface area contributed by atoms with Gasteiger partial charge in [-0.05, 0) is 47.9 Å². The maximum absolute atomic E-state index is 10.9. The van der Waals surface area contributed by atoms with Gasteiger partial charge in [0, 0.05) is 5.56 Å². The number of carbonyl (C=O) groups excluding carboxylic acids is 1. The molecular formula is C18H16O4. The number of hydrogen-bond acceptors (Lipinski definition) is 4. The molecule has 112 valence electrons. The highest BCUT2D eigenvalue weighted by Gasteiger charge is 2.13. The maximum Gasteiger partial charge on any atom is 0.231 e. The van der Waals surface area contributed by atoms with Gasteiger partial charge in [0.1, 0.15) is 18.6 Å². The van der Waals surface area contributed by atoms with Crippen LogP contribution in [0.3, 0.4) is 0 Å². The van der Waals surface area contributed by atoms with Gasteiger partial charge in [0.05, 0.1) is 0 Å². The van der Waals surface area contributed by atoms with Crippen LogP contribution in [0.1, 0.15) is 21.5 Å². The lowest BCUT2D eigenvalue weighted by Gasteiger charge is -2.11. The molecule has 4 nitrogen and oxygen atoms in total. The number of ether oxygens (including phenoxy) is 3. The highest BCUT2D eigenvalue weighted by molar-refractivity contribution is 5.75. The van der Waals surface area contributed by atoms with Gasteiger partial charge in [0.15, 0.2) is 11.5 Å². The molecule has 0 fully saturated rings. The number of hydrogen-bond donors (Lipinski definition) is 0. The molecule has 0 aromatic heterocycles. The summed E-state index contributed by atoms with van der Waals surface area (Å²) in [5, 5.41) is 0. The first-order valence-electron chi connectivity index (χ1n) is 7.00. The zero-order valence-electron chi connectivity index (χ0n) is 12.1. The molecule has 0 unspecified atom stereocenters. The van der Waals surface area contributed by atoms with Crippen molar-refractivity contribution >= 4 is 6.29 Å². The van der Waals surface area contributed by atoms with E-state index in [1.807, 2.05) is 30.3 Å². The lowest BCUT2D eigenvalue weighted by atomic mass is 10.1. The van der Waals surface area contributed by atoms with E-state index in [1.54, 1.807) is 12.1 Å². The third-order valence-corrected chi connectivity index (χ3v) is 3.42. The van der Waals surface area contributed by atoms with Crippen molar-refractivity contribution in [2.24, 2.45) is 0 Å². The fourth-order valence-electron chi connectivity index (χ4n) is 2.32. The first kappa shape index (κ1) is 14.2. The first-order valence-corrected chi connectivity index (χ1v) is 7.00. The van der Waals surface area contributed by atoms with Crippen LogP contribution in [-0.2, 0) is 13.0 Å². The van der Waals surface area contributed by atoms with E-state index in [9.17, 15) is 4.79 Å². The minimum absolute atomic E-state index is 0.260. The largest absolute Gasteiger partial charge is 0.489 e. The lowest BCUT2D eigenvalue weighted by molar-refractivity contribution is 0.112. The molecule has 0 saturated heterocycles. The summed E-state index contributed by atoms with van der Waals surface area (Å²) in [6.45, 7) is 4.41. The van der Waals surface area contributed by atoms with E-state index < -0.39 is 0 Å². The van der Waals surface area contributed by atoms with Crippen LogP contribution in [-0.4, -0.2) is 13.1 Å². The van der Waals surface area contributed by atoms with E-state index in [2.05, 4.69) is 6.58 Å². The molecule has 22 heavy (non-hydrogen) atoms. The fraction of sp³-hybridized carbons (Fsp3) is 0.167. The number of carbonyl (C=O) groups is 1. The molecule has 0 N–H and O–H groups in total. The van der Waals surface area contributed by atoms with Crippen LogP contribution in [0.4, 0.5) is 0 Å². The van der Waals surface area contributed by atoms with Gasteiger partial charge in [-0.1, -0.05) is 12.1 Å². The Hall–Kier alpha value is -2.75. The van der Waals surface area contributed by atoms with Crippen LogP contribution >= 0.6 is 0 Å². The molecule has 0 amide bonds. The zero-order valence-corrected chi connectivity index (χ0v) is 12.1. The van der Waals surface area contributed by atoms with Crippen LogP contribution in [0.15, 0.2) is 49.1 Å². The molecule has 0 aliphatic carbocycles. The number of benzene rings is 2. The topological polar surface area (TPSA) is 44.8 Å². The van der Waals surface area contributed by atoms with Gasteiger partial charge in [-0.2, -0.15) is 0 Å². The van der Waals surface area contributed by atoms with Gasteiger partial charge < -0.3 is 14.2 Å². The average Bonchev–Trinajstić information content (AvgIpc) is 3.01. The molecule has 0 spiro atoms. The Bertz CT molecular complexity index is 706. The Morgan fingerprint density at radius 2 is 2.00 bits per heavy atom. The minimum atomic E-state index is 0.260. The van der Waals surface area contributed by atoms with Crippen molar-refractivity contribution in [3.05, 3.63) is 65.7 Å². The summed E-state index contributed by atoms with van der Waals surface area (Å²) in [5.74, 6) is 2.25. The third-order valence-electron chi connectivity index (χ3n) is 3.42. The Kier molecular flexibility index (Phi) is 4.10. The Labute approximate surface area is 128 Å². The molecule has 2 aromatic rings. The molecule has 0 bridgehead atoms. The molecule has 0 saturated carbocycles. The van der Waals surface area contributed by atoms with Gasteiger partial charge in [-0.3, -0.25) is 4.79 Å². The third kappa shape index (κ3) is 2.96.